The van der Waals surface area contributed by atoms with Gasteiger partial charge in [-0.2, -0.15) is 0 Å². The molecule has 0 aromatic heterocycles. The van der Waals surface area contributed by atoms with Crippen molar-refractivity contribution in [1.29, 1.82) is 0 Å². The Bertz CT molecular complexity index is 611. The molecule has 28 heavy (non-hydrogen) atoms. The van der Waals surface area contributed by atoms with Crippen LogP contribution in [0.1, 0.15) is 66.2 Å². The minimum absolute atomic E-state index is 0.0872. The Kier molecular flexibility index (Phi) is 13.3. The van der Waals surface area contributed by atoms with Crippen LogP contribution in [0.25, 0.3) is 0 Å². The van der Waals surface area contributed by atoms with Crippen LogP contribution in [-0.4, -0.2) is 30.8 Å². The van der Waals surface area contributed by atoms with Gasteiger partial charge in [0.05, 0.1) is 0 Å². The van der Waals surface area contributed by atoms with E-state index in [-0.39, 0.29) is 5.91 Å². The number of halogens is 2. The van der Waals surface area contributed by atoms with Gasteiger partial charge in [-0.3, -0.25) is 0 Å². The van der Waals surface area contributed by atoms with Gasteiger partial charge in [0, 0.05) is 0 Å². The zero-order chi connectivity index (χ0) is 21.0. The topological polar surface area (TPSA) is 20.3 Å². The predicted molar refractivity (Wildman–Crippen MR) is 134 cm³/mol. The third-order valence-electron chi connectivity index (χ3n) is 5.42. The summed E-state index contributed by atoms with van der Waals surface area (Å²) in [5, 5.41) is 0. The number of amides is 1. The molecule has 0 bridgehead atoms. The quantitative estimate of drug-likeness (QED) is 0.202. The molecule has 0 N–H and O–H groups in total. The molecule has 0 heterocycles. The third-order valence-corrected chi connectivity index (χ3v) is 20.8. The van der Waals surface area contributed by atoms with Gasteiger partial charge < -0.3 is 0 Å². The van der Waals surface area contributed by atoms with Crippen LogP contribution in [-0.2, 0) is 4.79 Å². The number of unbranched alkanes of at least 4 members (excludes halogenated alkanes) is 3. The molecule has 0 saturated heterocycles. The molecule has 1 aromatic rings. The first-order chi connectivity index (χ1) is 13.4. The number of carbonyl (C=O) groups is 1. The molecule has 0 aliphatic heterocycles. The van der Waals surface area contributed by atoms with E-state index in [0.29, 0.717) is 6.54 Å². The molecular weight excluding hydrogens is 585 g/mol. The van der Waals surface area contributed by atoms with Crippen LogP contribution in [0.4, 0.5) is 5.69 Å². The van der Waals surface area contributed by atoms with Crippen molar-refractivity contribution in [3.63, 3.8) is 0 Å². The summed E-state index contributed by atoms with van der Waals surface area (Å²) in [6.45, 7) is 9.25. The summed E-state index contributed by atoms with van der Waals surface area (Å²) in [4.78, 5) is 14.2. The molecule has 0 spiro atoms. The first kappa shape index (κ1) is 26.2. The third kappa shape index (κ3) is 8.91. The van der Waals surface area contributed by atoms with Gasteiger partial charge in [0.25, 0.3) is 0 Å². The Morgan fingerprint density at radius 3 is 1.96 bits per heavy atom. The van der Waals surface area contributed by atoms with Gasteiger partial charge in [-0.1, -0.05) is 0 Å². The van der Waals surface area contributed by atoms with Gasteiger partial charge in [0.1, 0.15) is 0 Å². The summed E-state index contributed by atoms with van der Waals surface area (Å²) in [5.74, 6) is 0.0872. The summed E-state index contributed by atoms with van der Waals surface area (Å²) in [5.41, 5.74) is 0.942. The van der Waals surface area contributed by atoms with Gasteiger partial charge in [0.15, 0.2) is 0 Å². The molecule has 0 radical (unpaired) electrons. The van der Waals surface area contributed by atoms with Crippen molar-refractivity contribution >= 4 is 61.8 Å². The first-order valence-corrected chi connectivity index (χ1v) is 20.1. The Morgan fingerprint density at radius 1 is 1.00 bits per heavy atom. The number of carbonyl (C=O) groups excluding carboxylic acids is 1. The number of hydrogen-bond acceptors (Lipinski definition) is 1. The van der Waals surface area contributed by atoms with Gasteiger partial charge in [-0.05, 0) is 0 Å². The van der Waals surface area contributed by atoms with Gasteiger partial charge >= 0.3 is 195 Å². The van der Waals surface area contributed by atoms with E-state index >= 15 is 0 Å². The van der Waals surface area contributed by atoms with E-state index in [1.165, 1.54) is 51.8 Å². The van der Waals surface area contributed by atoms with E-state index in [1.54, 1.807) is 6.92 Å². The van der Waals surface area contributed by atoms with Crippen molar-refractivity contribution in [3.05, 3.63) is 37.3 Å². The summed E-state index contributed by atoms with van der Waals surface area (Å²) in [6.07, 6.45) is 10.3. The fraction of sp³-hybridized carbons (Fsp3) is 0.609. The SMILES string of the molecule is CCC[CH2][Sn](/[CH]=C/CN(C(C)=O)c1ccc(Br)cc1Br)([CH2]CCC)[CH2]CCC. The summed E-state index contributed by atoms with van der Waals surface area (Å²) in [7, 11) is 0. The molecule has 1 amide bonds. The normalized spacial score (nSPS) is 11.9. The number of benzene rings is 1. The molecule has 0 unspecified atom stereocenters. The average molecular weight is 622 g/mol. The van der Waals surface area contributed by atoms with Gasteiger partial charge in [-0.25, -0.2) is 0 Å². The maximum absolute atomic E-state index is 12.3. The standard InChI is InChI=1S/C11H10Br2NO.3C4H9.Sn/c1-3-6-14(8(2)15)11-5-4-9(12)7-10(11)13;3*1-3-4-2;/h1,3-5,7H,6H2,2H3;3*1,3-4H2,2H3;. The van der Waals surface area contributed by atoms with Crippen molar-refractivity contribution in [2.45, 2.75) is 79.5 Å². The minimum atomic E-state index is -2.29. The van der Waals surface area contributed by atoms with Crippen molar-refractivity contribution in [3.8, 4) is 0 Å². The number of rotatable bonds is 13. The second kappa shape index (κ2) is 14.2. The van der Waals surface area contributed by atoms with E-state index < -0.39 is 18.4 Å². The van der Waals surface area contributed by atoms with Crippen LogP contribution in [0, 0.1) is 0 Å². The molecule has 158 valence electrons. The van der Waals surface area contributed by atoms with Crippen LogP contribution < -0.4 is 4.90 Å². The monoisotopic (exact) mass is 621 g/mol. The van der Waals surface area contributed by atoms with Crippen LogP contribution in [0.2, 0.25) is 13.3 Å². The molecule has 0 saturated carbocycles. The molecule has 1 rings (SSSR count). The van der Waals surface area contributed by atoms with E-state index in [2.05, 4.69) is 62.8 Å². The second-order valence-corrected chi connectivity index (χ2v) is 22.6. The molecule has 1 aromatic carbocycles. The molecule has 0 fully saturated rings. The zero-order valence-corrected chi connectivity index (χ0v) is 24.1. The van der Waals surface area contributed by atoms with Crippen LogP contribution in [0.15, 0.2) is 37.3 Å². The second-order valence-electron chi connectivity index (χ2n) is 7.80. The fourth-order valence-corrected chi connectivity index (χ4v) is 19.3. The Hall–Kier alpha value is 0.189. The summed E-state index contributed by atoms with van der Waals surface area (Å²) in [6, 6.07) is 6.00. The number of hydrogen-bond donors (Lipinski definition) is 0. The zero-order valence-electron chi connectivity index (χ0n) is 18.1. The first-order valence-electron chi connectivity index (χ1n) is 10.8. The van der Waals surface area contributed by atoms with E-state index in [1.807, 2.05) is 23.1 Å². The Balaban J connectivity index is 3.04. The van der Waals surface area contributed by atoms with Crippen molar-refractivity contribution in [2.75, 3.05) is 11.4 Å². The van der Waals surface area contributed by atoms with Crippen LogP contribution in [0.5, 0.6) is 0 Å². The summed E-state index contributed by atoms with van der Waals surface area (Å²) >= 11 is 4.82. The summed E-state index contributed by atoms with van der Waals surface area (Å²) < 4.78 is 8.99. The van der Waals surface area contributed by atoms with Crippen molar-refractivity contribution in [1.82, 2.24) is 0 Å². The molecule has 5 heteroatoms. The molecule has 0 aliphatic carbocycles. The molecular formula is C23H37Br2NOSn. The van der Waals surface area contributed by atoms with Crippen molar-refractivity contribution < 1.29 is 4.79 Å². The Morgan fingerprint density at radius 2 is 1.54 bits per heavy atom. The van der Waals surface area contributed by atoms with E-state index in [4.69, 9.17) is 0 Å². The molecule has 2 nitrogen and oxygen atoms in total. The van der Waals surface area contributed by atoms with Crippen LogP contribution >= 0.6 is 31.9 Å². The van der Waals surface area contributed by atoms with Crippen molar-refractivity contribution in [2.24, 2.45) is 0 Å². The van der Waals surface area contributed by atoms with E-state index in [0.717, 1.165) is 14.6 Å². The molecule has 0 atom stereocenters. The van der Waals surface area contributed by atoms with Gasteiger partial charge in [-0.15, -0.1) is 0 Å². The maximum atomic E-state index is 12.3. The fourth-order valence-electron chi connectivity index (χ4n) is 3.72. The number of anilines is 1. The number of nitrogens with zero attached hydrogens (tertiary/aromatic N) is 1. The van der Waals surface area contributed by atoms with Gasteiger partial charge in [0.2, 0.25) is 0 Å². The molecule has 0 aliphatic rings. The average Bonchev–Trinajstić information content (AvgIpc) is 2.66. The Labute approximate surface area is 193 Å². The van der Waals surface area contributed by atoms with Crippen LogP contribution in [0.3, 0.4) is 0 Å². The predicted octanol–water partition coefficient (Wildman–Crippen LogP) is 8.51. The van der Waals surface area contributed by atoms with E-state index in [9.17, 15) is 4.79 Å².